The number of rotatable bonds is 6. The van der Waals surface area contributed by atoms with Crippen LogP contribution in [-0.4, -0.2) is 60.3 Å². The van der Waals surface area contributed by atoms with Gasteiger partial charge in [-0.2, -0.15) is 5.10 Å². The molecule has 1 heterocycles. The number of carbonyl (C=O) groups is 1. The van der Waals surface area contributed by atoms with Crippen molar-refractivity contribution in [2.75, 3.05) is 33.3 Å². The number of nitrogens with zero attached hydrogens (tertiary/aromatic N) is 3. The van der Waals surface area contributed by atoms with Gasteiger partial charge in [0.1, 0.15) is 5.75 Å². The summed E-state index contributed by atoms with van der Waals surface area (Å²) in [5, 5.41) is 10.9. The van der Waals surface area contributed by atoms with E-state index in [9.17, 15) is 4.79 Å². The Morgan fingerprint density at radius 2 is 1.97 bits per heavy atom. The van der Waals surface area contributed by atoms with E-state index in [0.29, 0.717) is 10.2 Å². The molecule has 2 aliphatic rings. The number of nitrogens with two attached hydrogens (primary N) is 1. The van der Waals surface area contributed by atoms with Crippen molar-refractivity contribution in [1.82, 2.24) is 20.4 Å². The lowest BCUT2D eigenvalue weighted by Gasteiger charge is -2.36. The molecule has 8 nitrogen and oxygen atoms in total. The molecule has 1 aromatic carbocycles. The van der Waals surface area contributed by atoms with Gasteiger partial charge in [0.2, 0.25) is 0 Å². The van der Waals surface area contributed by atoms with E-state index in [-0.39, 0.29) is 12.1 Å². The second-order valence-corrected chi connectivity index (χ2v) is 8.65. The zero-order valence-electron chi connectivity index (χ0n) is 17.6. The van der Waals surface area contributed by atoms with Gasteiger partial charge in [-0.15, -0.1) is 0 Å². The molecule has 0 spiro atoms. The fourth-order valence-electron chi connectivity index (χ4n) is 3.90. The van der Waals surface area contributed by atoms with Crippen LogP contribution in [0.3, 0.4) is 0 Å². The molecular formula is C21H32N6O2S. The smallest absolute Gasteiger partial charge is 0.319 e. The van der Waals surface area contributed by atoms with E-state index in [1.54, 1.807) is 7.11 Å². The summed E-state index contributed by atoms with van der Waals surface area (Å²) in [5.74, 6) is 6.55. The molecule has 1 saturated carbocycles. The highest BCUT2D eigenvalue weighted by Gasteiger charge is 2.23. The molecule has 2 fully saturated rings. The van der Waals surface area contributed by atoms with Crippen molar-refractivity contribution in [2.45, 2.75) is 38.3 Å². The predicted molar refractivity (Wildman–Crippen MR) is 122 cm³/mol. The Hall–Kier alpha value is -2.39. The molecule has 0 bridgehead atoms. The Morgan fingerprint density at radius 1 is 1.27 bits per heavy atom. The third kappa shape index (κ3) is 6.30. The first-order chi connectivity index (χ1) is 14.6. The quantitative estimate of drug-likeness (QED) is 0.277. The molecule has 1 aliphatic heterocycles. The Morgan fingerprint density at radius 3 is 2.63 bits per heavy atom. The summed E-state index contributed by atoms with van der Waals surface area (Å²) in [6, 6.07) is 8.16. The number of hydrazone groups is 1. The Labute approximate surface area is 182 Å². The van der Waals surface area contributed by atoms with Gasteiger partial charge in [-0.25, -0.2) is 4.79 Å². The predicted octanol–water partition coefficient (Wildman–Crippen LogP) is 2.49. The molecule has 164 valence electrons. The van der Waals surface area contributed by atoms with Crippen LogP contribution in [0.25, 0.3) is 0 Å². The topological polar surface area (TPSA) is 95.2 Å². The lowest BCUT2D eigenvalue weighted by Crippen LogP contribution is -2.48. The van der Waals surface area contributed by atoms with Gasteiger partial charge >= 0.3 is 6.03 Å². The lowest BCUT2D eigenvalue weighted by molar-refractivity contribution is 0.175. The zero-order chi connectivity index (χ0) is 21.3. The molecular weight excluding hydrogens is 400 g/mol. The number of amidine groups is 1. The van der Waals surface area contributed by atoms with Crippen molar-refractivity contribution in [1.29, 1.82) is 0 Å². The summed E-state index contributed by atoms with van der Waals surface area (Å²) in [6.07, 6.45) is 4.44. The summed E-state index contributed by atoms with van der Waals surface area (Å²) < 4.78 is 5.46. The fourth-order valence-corrected chi connectivity index (χ4v) is 4.63. The van der Waals surface area contributed by atoms with Crippen molar-refractivity contribution in [3.8, 4) is 5.75 Å². The van der Waals surface area contributed by atoms with Crippen LogP contribution in [-0.2, 0) is 6.54 Å². The van der Waals surface area contributed by atoms with E-state index in [0.717, 1.165) is 51.3 Å². The molecule has 4 N–H and O–H groups in total. The summed E-state index contributed by atoms with van der Waals surface area (Å²) in [4.78, 5) is 16.6. The number of urea groups is 1. The number of para-hydroxylation sites is 1. The maximum Gasteiger partial charge on any atom is 0.319 e. The molecule has 0 aromatic heterocycles. The van der Waals surface area contributed by atoms with Crippen LogP contribution in [0.5, 0.6) is 5.75 Å². The van der Waals surface area contributed by atoms with Crippen LogP contribution < -0.4 is 21.2 Å². The summed E-state index contributed by atoms with van der Waals surface area (Å²) in [7, 11) is 1.70. The Bertz CT molecular complexity index is 758. The van der Waals surface area contributed by atoms with Crippen LogP contribution >= 0.6 is 11.8 Å². The minimum Gasteiger partial charge on any atom is -0.496 e. The monoisotopic (exact) mass is 432 g/mol. The number of piperazine rings is 1. The van der Waals surface area contributed by atoms with Gasteiger partial charge in [0.25, 0.3) is 0 Å². The number of ether oxygens (including phenoxy) is 1. The third-order valence-electron chi connectivity index (χ3n) is 5.50. The number of benzene rings is 1. The average Bonchev–Trinajstić information content (AvgIpc) is 3.26. The van der Waals surface area contributed by atoms with E-state index in [4.69, 9.17) is 10.6 Å². The van der Waals surface area contributed by atoms with Gasteiger partial charge in [-0.05, 0) is 30.7 Å². The van der Waals surface area contributed by atoms with Gasteiger partial charge in [0, 0.05) is 44.3 Å². The first-order valence-corrected chi connectivity index (χ1v) is 11.2. The van der Waals surface area contributed by atoms with Gasteiger partial charge in [-0.3, -0.25) is 4.90 Å². The highest BCUT2D eigenvalue weighted by atomic mass is 32.2. The van der Waals surface area contributed by atoms with E-state index in [1.807, 2.05) is 18.2 Å². The Kier molecular flexibility index (Phi) is 8.27. The first kappa shape index (κ1) is 22.3. The molecule has 0 radical (unpaired) electrons. The van der Waals surface area contributed by atoms with Crippen LogP contribution in [0, 0.1) is 0 Å². The maximum atomic E-state index is 12.1. The molecule has 3 rings (SSSR count). The number of thioether (sulfide) groups is 1. The largest absolute Gasteiger partial charge is 0.496 e. The molecule has 1 aromatic rings. The third-order valence-corrected chi connectivity index (χ3v) is 6.39. The van der Waals surface area contributed by atoms with Crippen molar-refractivity contribution in [3.63, 3.8) is 0 Å². The van der Waals surface area contributed by atoms with Crippen LogP contribution in [0.4, 0.5) is 4.79 Å². The highest BCUT2D eigenvalue weighted by molar-refractivity contribution is 8.17. The van der Waals surface area contributed by atoms with E-state index >= 15 is 0 Å². The number of carbonyl (C=O) groups excluding carboxylic acids is 1. The molecule has 1 saturated heterocycles. The first-order valence-electron chi connectivity index (χ1n) is 10.4. The van der Waals surface area contributed by atoms with Gasteiger partial charge in [0.15, 0.2) is 5.17 Å². The van der Waals surface area contributed by atoms with Crippen LogP contribution in [0.2, 0.25) is 0 Å². The van der Waals surface area contributed by atoms with Crippen molar-refractivity contribution in [3.05, 3.63) is 41.4 Å². The molecule has 2 amide bonds. The highest BCUT2D eigenvalue weighted by Crippen LogP contribution is 2.22. The summed E-state index contributed by atoms with van der Waals surface area (Å²) >= 11 is 1.29. The number of methoxy groups -OCH3 is 1. The number of hydrogen-bond acceptors (Lipinski definition) is 6. The number of amides is 2. The summed E-state index contributed by atoms with van der Waals surface area (Å²) in [5.41, 5.74) is 1.18. The van der Waals surface area contributed by atoms with Gasteiger partial charge in [0.05, 0.1) is 12.1 Å². The second-order valence-electron chi connectivity index (χ2n) is 7.59. The number of hydrogen-bond donors (Lipinski definition) is 3. The minimum absolute atomic E-state index is 0.211. The number of nitrogens with one attached hydrogen (secondary N) is 2. The maximum absolute atomic E-state index is 12.1. The van der Waals surface area contributed by atoms with Crippen molar-refractivity contribution >= 4 is 23.0 Å². The normalized spacial score (nSPS) is 18.3. The standard InChI is InChI=1S/C21H32N6O2S/c1-16(23-20(28)24-18-8-4-5-9-18)30-21(25-22)27-13-11-26(12-14-27)15-17-7-3-6-10-19(17)29-2/h3,6-7,10,18H,1,4-5,8-9,11-15,22H2,2H3,(H2,23,24,28)/b25-21-. The zero-order valence-corrected chi connectivity index (χ0v) is 18.4. The molecule has 0 atom stereocenters. The summed E-state index contributed by atoms with van der Waals surface area (Å²) in [6.45, 7) is 8.18. The van der Waals surface area contributed by atoms with Crippen LogP contribution in [0.15, 0.2) is 41.0 Å². The van der Waals surface area contributed by atoms with Crippen LogP contribution in [0.1, 0.15) is 31.2 Å². The van der Waals surface area contributed by atoms with Gasteiger partial charge in [-0.1, -0.05) is 37.6 Å². The SMILES string of the molecule is C=C(NC(=O)NC1CCCC1)S/C(=N\N)N1CCN(Cc2ccccc2OC)CC1. The fraction of sp³-hybridized carbons (Fsp3) is 0.524. The minimum atomic E-state index is -0.211. The van der Waals surface area contributed by atoms with Crippen molar-refractivity contribution < 1.29 is 9.53 Å². The lowest BCUT2D eigenvalue weighted by atomic mass is 10.1. The van der Waals surface area contributed by atoms with E-state index in [1.165, 1.54) is 30.2 Å². The molecule has 30 heavy (non-hydrogen) atoms. The Balaban J connectivity index is 1.44. The van der Waals surface area contributed by atoms with Gasteiger partial charge < -0.3 is 26.1 Å². The van der Waals surface area contributed by atoms with E-state index < -0.39 is 0 Å². The average molecular weight is 433 g/mol. The molecule has 1 aliphatic carbocycles. The molecule has 0 unspecified atom stereocenters. The van der Waals surface area contributed by atoms with Crippen molar-refractivity contribution in [2.24, 2.45) is 10.9 Å². The van der Waals surface area contributed by atoms with E-state index in [2.05, 4.69) is 38.2 Å². The molecule has 9 heteroatoms. The second kappa shape index (κ2) is 11.1.